The summed E-state index contributed by atoms with van der Waals surface area (Å²) in [5.74, 6) is -1.19. The van der Waals surface area contributed by atoms with Gasteiger partial charge in [-0.1, -0.05) is 32.8 Å². The van der Waals surface area contributed by atoms with E-state index in [0.717, 1.165) is 17.0 Å². The van der Waals surface area contributed by atoms with Crippen LogP contribution in [-0.2, 0) is 40.1 Å². The van der Waals surface area contributed by atoms with Gasteiger partial charge in [-0.2, -0.15) is 26.3 Å². The second kappa shape index (κ2) is 12.1. The molecule has 0 radical (unpaired) electrons. The molecule has 0 aromatic heterocycles. The molecule has 2 aromatic rings. The minimum absolute atomic E-state index is 0.0337. The first-order valence-corrected chi connectivity index (χ1v) is 14.1. The van der Waals surface area contributed by atoms with Crippen molar-refractivity contribution in [3.05, 3.63) is 57.9 Å². The summed E-state index contributed by atoms with van der Waals surface area (Å²) in [6.45, 7) is 3.82. The van der Waals surface area contributed by atoms with Crippen LogP contribution in [0, 0.1) is 5.82 Å². The first-order valence-electron chi connectivity index (χ1n) is 14.1. The largest absolute Gasteiger partial charge is 0.494 e. The molecule has 1 saturated heterocycles. The number of hydrogen-bond donors (Lipinski definition) is 1. The molecular weight excluding hydrogens is 601 g/mol. The van der Waals surface area contributed by atoms with E-state index >= 15 is 0 Å². The van der Waals surface area contributed by atoms with Gasteiger partial charge >= 0.3 is 18.4 Å². The number of ether oxygens (including phenoxy) is 3. The molecule has 0 aliphatic carbocycles. The number of carbonyl (C=O) groups excluding carboxylic acids is 2. The van der Waals surface area contributed by atoms with E-state index in [9.17, 15) is 40.3 Å². The van der Waals surface area contributed by atoms with Crippen molar-refractivity contribution in [2.75, 3.05) is 20.3 Å². The number of amides is 3. The van der Waals surface area contributed by atoms with Crippen LogP contribution in [0.5, 0.6) is 11.5 Å². The van der Waals surface area contributed by atoms with Crippen molar-refractivity contribution >= 4 is 11.9 Å². The highest BCUT2D eigenvalue weighted by Gasteiger charge is 2.76. The van der Waals surface area contributed by atoms with Crippen molar-refractivity contribution in [2.24, 2.45) is 0 Å². The molecule has 1 fully saturated rings. The lowest BCUT2D eigenvalue weighted by Crippen LogP contribution is -2.53. The Morgan fingerprint density at radius 1 is 1.02 bits per heavy atom. The normalized spacial score (nSPS) is 19.8. The van der Waals surface area contributed by atoms with Gasteiger partial charge in [-0.05, 0) is 61.1 Å². The maximum atomic E-state index is 14.3. The molecule has 2 aromatic carbocycles. The van der Waals surface area contributed by atoms with E-state index in [2.05, 4.69) is 10.1 Å². The van der Waals surface area contributed by atoms with Crippen molar-refractivity contribution in [1.29, 1.82) is 0 Å². The standard InChI is InChI=1S/C30H33F7N2O5/c1-5-8-17-14-21-20(16-44-28(21,29(32,33)34)30(35,36)37)19(9-6-2)24(17)43-13-7-12-39-25(40)27(3,38-26(39)41)18-10-11-23(42-4)22(31)15-18/h10-11,14-15H,5-9,12-13,16H2,1-4H3,(H,38,41). The van der Waals surface area contributed by atoms with Gasteiger partial charge in [0.05, 0.1) is 20.3 Å². The first kappa shape index (κ1) is 33.3. The average molecular weight is 635 g/mol. The molecule has 242 valence electrons. The van der Waals surface area contributed by atoms with E-state index in [4.69, 9.17) is 9.47 Å². The highest BCUT2D eigenvalue weighted by atomic mass is 19.4. The van der Waals surface area contributed by atoms with Crippen LogP contribution >= 0.6 is 0 Å². The number of nitrogens with zero attached hydrogens (tertiary/aromatic N) is 1. The zero-order valence-electron chi connectivity index (χ0n) is 24.6. The summed E-state index contributed by atoms with van der Waals surface area (Å²) in [7, 11) is 1.29. The molecule has 3 amide bonds. The maximum Gasteiger partial charge on any atom is 0.430 e. The summed E-state index contributed by atoms with van der Waals surface area (Å²) in [4.78, 5) is 26.9. The number of carbonyl (C=O) groups is 2. The monoisotopic (exact) mass is 634 g/mol. The lowest BCUT2D eigenvalue weighted by molar-refractivity contribution is -0.385. The fourth-order valence-electron chi connectivity index (χ4n) is 5.81. The van der Waals surface area contributed by atoms with Gasteiger partial charge in [-0.15, -0.1) is 0 Å². The van der Waals surface area contributed by atoms with E-state index in [1.165, 1.54) is 26.2 Å². The van der Waals surface area contributed by atoms with Gasteiger partial charge in [0, 0.05) is 17.7 Å². The van der Waals surface area contributed by atoms with Crippen molar-refractivity contribution in [2.45, 2.75) is 83.0 Å². The quantitative estimate of drug-likeness (QED) is 0.167. The summed E-state index contributed by atoms with van der Waals surface area (Å²) in [6.07, 6.45) is -10.3. The van der Waals surface area contributed by atoms with Crippen molar-refractivity contribution in [1.82, 2.24) is 10.2 Å². The maximum absolute atomic E-state index is 14.3. The zero-order valence-corrected chi connectivity index (χ0v) is 24.6. The number of alkyl halides is 6. The molecule has 44 heavy (non-hydrogen) atoms. The Labute approximate surface area is 249 Å². The van der Waals surface area contributed by atoms with Crippen LogP contribution in [-0.4, -0.2) is 49.5 Å². The molecule has 7 nitrogen and oxygen atoms in total. The van der Waals surface area contributed by atoms with Crippen molar-refractivity contribution in [3.8, 4) is 11.5 Å². The summed E-state index contributed by atoms with van der Waals surface area (Å²) < 4.78 is 114. The van der Waals surface area contributed by atoms with Crippen LogP contribution in [0.2, 0.25) is 0 Å². The molecule has 1 unspecified atom stereocenters. The fraction of sp³-hybridized carbons (Fsp3) is 0.533. The Morgan fingerprint density at radius 3 is 2.25 bits per heavy atom. The van der Waals surface area contributed by atoms with Crippen LogP contribution in [0.15, 0.2) is 24.3 Å². The van der Waals surface area contributed by atoms with E-state index < -0.39 is 53.4 Å². The van der Waals surface area contributed by atoms with E-state index in [1.54, 1.807) is 13.8 Å². The number of methoxy groups -OCH3 is 1. The molecule has 1 atom stereocenters. The molecule has 2 aliphatic rings. The Morgan fingerprint density at radius 2 is 1.68 bits per heavy atom. The molecule has 1 N–H and O–H groups in total. The Hall–Kier alpha value is -3.55. The predicted octanol–water partition coefficient (Wildman–Crippen LogP) is 6.83. The predicted molar refractivity (Wildman–Crippen MR) is 144 cm³/mol. The molecule has 2 heterocycles. The van der Waals surface area contributed by atoms with Gasteiger partial charge in [0.25, 0.3) is 11.5 Å². The first-order chi connectivity index (χ1) is 20.6. The van der Waals surface area contributed by atoms with Gasteiger partial charge in [-0.25, -0.2) is 9.18 Å². The second-order valence-electron chi connectivity index (χ2n) is 10.9. The molecule has 0 bridgehead atoms. The Bertz CT molecular complexity index is 1410. The third-order valence-electron chi connectivity index (χ3n) is 7.98. The fourth-order valence-corrected chi connectivity index (χ4v) is 5.81. The van der Waals surface area contributed by atoms with Gasteiger partial charge in [0.15, 0.2) is 11.6 Å². The third-order valence-corrected chi connectivity index (χ3v) is 7.98. The lowest BCUT2D eigenvalue weighted by Gasteiger charge is -2.34. The number of fused-ring (bicyclic) bond motifs is 1. The van der Waals surface area contributed by atoms with Crippen molar-refractivity contribution < 1.29 is 54.5 Å². The minimum atomic E-state index is -5.75. The van der Waals surface area contributed by atoms with Gasteiger partial charge in [-0.3, -0.25) is 9.69 Å². The average Bonchev–Trinajstić information content (AvgIpc) is 3.44. The third kappa shape index (κ3) is 5.45. The van der Waals surface area contributed by atoms with E-state index in [-0.39, 0.29) is 66.2 Å². The Kier molecular flexibility index (Phi) is 9.16. The molecule has 2 aliphatic heterocycles. The van der Waals surface area contributed by atoms with Crippen LogP contribution in [0.4, 0.5) is 35.5 Å². The number of imide groups is 1. The van der Waals surface area contributed by atoms with Gasteiger partial charge < -0.3 is 19.5 Å². The van der Waals surface area contributed by atoms with E-state index in [1.807, 2.05) is 0 Å². The van der Waals surface area contributed by atoms with Crippen LogP contribution in [0.25, 0.3) is 0 Å². The van der Waals surface area contributed by atoms with E-state index in [0.29, 0.717) is 12.8 Å². The molecule has 0 spiro atoms. The number of rotatable bonds is 11. The van der Waals surface area contributed by atoms with Crippen LogP contribution in [0.3, 0.4) is 0 Å². The Balaban J connectivity index is 1.57. The molecular formula is C30H33F7N2O5. The van der Waals surface area contributed by atoms with Crippen LogP contribution in [0.1, 0.15) is 67.9 Å². The number of benzene rings is 2. The number of aryl methyl sites for hydroxylation is 1. The SMILES string of the molecule is CCCc1cc2c(c(CCC)c1OCCCN1C(=O)NC(C)(c3ccc(OC)c(F)c3)C1=O)COC2(C(F)(F)F)C(F)(F)F. The highest BCUT2D eigenvalue weighted by Crippen LogP contribution is 2.58. The topological polar surface area (TPSA) is 77.1 Å². The number of urea groups is 1. The number of halogens is 7. The summed E-state index contributed by atoms with van der Waals surface area (Å²) in [5.41, 5.74) is -6.55. The minimum Gasteiger partial charge on any atom is -0.494 e. The summed E-state index contributed by atoms with van der Waals surface area (Å²) in [5, 5.41) is 2.57. The summed E-state index contributed by atoms with van der Waals surface area (Å²) >= 11 is 0. The lowest BCUT2D eigenvalue weighted by atomic mass is 9.84. The molecule has 4 rings (SSSR count). The number of hydrogen-bond acceptors (Lipinski definition) is 5. The van der Waals surface area contributed by atoms with Crippen LogP contribution < -0.4 is 14.8 Å². The zero-order chi connectivity index (χ0) is 32.7. The molecule has 0 saturated carbocycles. The highest BCUT2D eigenvalue weighted by molar-refractivity contribution is 6.07. The smallest absolute Gasteiger partial charge is 0.430 e. The second-order valence-corrected chi connectivity index (χ2v) is 10.9. The van der Waals surface area contributed by atoms with Gasteiger partial charge in [0.1, 0.15) is 11.3 Å². The number of nitrogens with one attached hydrogen (secondary N) is 1. The summed E-state index contributed by atoms with van der Waals surface area (Å²) in [6, 6.07) is 4.07. The van der Waals surface area contributed by atoms with Crippen molar-refractivity contribution in [3.63, 3.8) is 0 Å². The molecule has 14 heteroatoms. The van der Waals surface area contributed by atoms with Gasteiger partial charge in [0.2, 0.25) is 0 Å².